The molecule has 158 valence electrons. The minimum absolute atomic E-state index is 0.139. The van der Waals surface area contributed by atoms with Crippen LogP contribution in [-0.4, -0.2) is 25.0 Å². The zero-order chi connectivity index (χ0) is 19.9. The van der Waals surface area contributed by atoms with Crippen LogP contribution in [0.2, 0.25) is 0 Å². The molecular formula is C25H42N2O. The fourth-order valence-corrected chi connectivity index (χ4v) is 10.2. The lowest BCUT2D eigenvalue weighted by molar-refractivity contribution is -0.130. The van der Waals surface area contributed by atoms with Crippen LogP contribution in [0.4, 0.5) is 0 Å². The normalized spacial score (nSPS) is 55.3. The van der Waals surface area contributed by atoms with Crippen molar-refractivity contribution in [1.82, 2.24) is 10.6 Å². The van der Waals surface area contributed by atoms with E-state index in [4.69, 9.17) is 0 Å². The fraction of sp³-hybridized carbons (Fsp3) is 0.960. The molecule has 0 aromatic carbocycles. The van der Waals surface area contributed by atoms with E-state index in [1.165, 1.54) is 57.8 Å². The average molecular weight is 387 g/mol. The van der Waals surface area contributed by atoms with Gasteiger partial charge in [0.05, 0.1) is 0 Å². The van der Waals surface area contributed by atoms with Crippen LogP contribution in [-0.2, 0) is 4.79 Å². The van der Waals surface area contributed by atoms with Crippen LogP contribution in [0.5, 0.6) is 0 Å². The van der Waals surface area contributed by atoms with Gasteiger partial charge in [0.25, 0.3) is 0 Å². The number of fused-ring (bicyclic) bond motifs is 2. The van der Waals surface area contributed by atoms with Crippen molar-refractivity contribution in [2.75, 3.05) is 7.05 Å². The van der Waals surface area contributed by atoms with Gasteiger partial charge < -0.3 is 10.6 Å². The van der Waals surface area contributed by atoms with Crippen LogP contribution in [0.3, 0.4) is 0 Å². The van der Waals surface area contributed by atoms with Crippen LogP contribution in [0.1, 0.15) is 91.9 Å². The summed E-state index contributed by atoms with van der Waals surface area (Å²) in [5, 5.41) is 6.85. The first kappa shape index (κ1) is 19.4. The quantitative estimate of drug-likeness (QED) is 0.724. The molecular weight excluding hydrogens is 344 g/mol. The van der Waals surface area contributed by atoms with E-state index in [1.54, 1.807) is 13.3 Å². The number of hydrogen-bond acceptors (Lipinski definition) is 2. The van der Waals surface area contributed by atoms with E-state index >= 15 is 0 Å². The molecule has 5 rings (SSSR count). The summed E-state index contributed by atoms with van der Waals surface area (Å²) in [7, 11) is 2.17. The maximum atomic E-state index is 11.7. The Morgan fingerprint density at radius 1 is 0.964 bits per heavy atom. The molecule has 0 aliphatic heterocycles. The third kappa shape index (κ3) is 2.18. The fourth-order valence-electron chi connectivity index (χ4n) is 10.2. The number of nitrogens with one attached hydrogen (secondary N) is 2. The molecule has 2 N–H and O–H groups in total. The summed E-state index contributed by atoms with van der Waals surface area (Å²) in [5.74, 6) is 2.69. The average Bonchev–Trinajstić information content (AvgIpc) is 3.22. The number of rotatable bonds is 3. The molecule has 0 saturated heterocycles. The van der Waals surface area contributed by atoms with Crippen LogP contribution >= 0.6 is 0 Å². The highest BCUT2D eigenvalue weighted by Crippen LogP contribution is 2.87. The highest BCUT2D eigenvalue weighted by molar-refractivity contribution is 5.73. The molecule has 0 bridgehead atoms. The molecule has 5 aliphatic rings. The molecule has 3 nitrogen and oxygen atoms in total. The third-order valence-electron chi connectivity index (χ3n) is 11.7. The monoisotopic (exact) mass is 386 g/mol. The van der Waals surface area contributed by atoms with Gasteiger partial charge in [0.2, 0.25) is 5.91 Å². The Hall–Kier alpha value is -0.570. The topological polar surface area (TPSA) is 41.1 Å². The molecule has 9 unspecified atom stereocenters. The van der Waals surface area contributed by atoms with Crippen molar-refractivity contribution in [2.45, 2.75) is 104 Å². The van der Waals surface area contributed by atoms with Gasteiger partial charge in [-0.05, 0) is 118 Å². The second kappa shape index (κ2) is 5.99. The summed E-state index contributed by atoms with van der Waals surface area (Å²) in [5.41, 5.74) is 2.24. The van der Waals surface area contributed by atoms with Crippen molar-refractivity contribution in [3.63, 3.8) is 0 Å². The van der Waals surface area contributed by atoms with Gasteiger partial charge in [-0.15, -0.1) is 0 Å². The Morgan fingerprint density at radius 3 is 2.46 bits per heavy atom. The van der Waals surface area contributed by atoms with Gasteiger partial charge in [0, 0.05) is 19.0 Å². The van der Waals surface area contributed by atoms with E-state index in [1.807, 2.05) is 0 Å². The Bertz CT molecular complexity index is 677. The third-order valence-corrected chi connectivity index (χ3v) is 11.7. The zero-order valence-electron chi connectivity index (χ0n) is 18.9. The highest BCUT2D eigenvalue weighted by atomic mass is 16.1. The van der Waals surface area contributed by atoms with Crippen molar-refractivity contribution >= 4 is 5.91 Å². The zero-order valence-corrected chi connectivity index (χ0v) is 18.9. The van der Waals surface area contributed by atoms with E-state index in [9.17, 15) is 4.79 Å². The minimum Gasteiger partial charge on any atom is -0.354 e. The maximum absolute atomic E-state index is 11.7. The van der Waals surface area contributed by atoms with Crippen LogP contribution < -0.4 is 10.6 Å². The van der Waals surface area contributed by atoms with Crippen LogP contribution in [0, 0.1) is 39.4 Å². The Balaban J connectivity index is 1.43. The smallest absolute Gasteiger partial charge is 0.217 e. The highest BCUT2D eigenvalue weighted by Gasteiger charge is 2.80. The van der Waals surface area contributed by atoms with Gasteiger partial charge in [0.1, 0.15) is 0 Å². The maximum Gasteiger partial charge on any atom is 0.217 e. The number of carbonyl (C=O) groups is 1. The molecule has 5 saturated carbocycles. The molecule has 0 radical (unpaired) electrons. The number of carbonyl (C=O) groups excluding carboxylic acids is 1. The van der Waals surface area contributed by atoms with Gasteiger partial charge in [-0.25, -0.2) is 0 Å². The van der Waals surface area contributed by atoms with E-state index < -0.39 is 0 Å². The summed E-state index contributed by atoms with van der Waals surface area (Å²) in [6.07, 6.45) is 14.3. The molecule has 0 aromatic heterocycles. The lowest BCUT2D eigenvalue weighted by Gasteiger charge is -2.61. The summed E-state index contributed by atoms with van der Waals surface area (Å²) in [6, 6.07) is 1.08. The molecule has 28 heavy (non-hydrogen) atoms. The van der Waals surface area contributed by atoms with Gasteiger partial charge in [0.15, 0.2) is 0 Å². The van der Waals surface area contributed by atoms with Crippen LogP contribution in [0.15, 0.2) is 0 Å². The summed E-state index contributed by atoms with van der Waals surface area (Å²) >= 11 is 0. The van der Waals surface area contributed by atoms with E-state index in [-0.39, 0.29) is 5.91 Å². The molecule has 3 heteroatoms. The Morgan fingerprint density at radius 2 is 1.75 bits per heavy atom. The van der Waals surface area contributed by atoms with Gasteiger partial charge >= 0.3 is 0 Å². The van der Waals surface area contributed by atoms with Crippen molar-refractivity contribution in [3.05, 3.63) is 0 Å². The van der Waals surface area contributed by atoms with E-state index in [2.05, 4.69) is 38.5 Å². The van der Waals surface area contributed by atoms with E-state index in [0.717, 1.165) is 17.9 Å². The summed E-state index contributed by atoms with van der Waals surface area (Å²) < 4.78 is 0. The largest absolute Gasteiger partial charge is 0.354 e. The summed E-state index contributed by atoms with van der Waals surface area (Å²) in [6.45, 7) is 9.22. The van der Waals surface area contributed by atoms with Gasteiger partial charge in [-0.3, -0.25) is 4.79 Å². The minimum atomic E-state index is 0.139. The van der Waals surface area contributed by atoms with Crippen molar-refractivity contribution < 1.29 is 4.79 Å². The molecule has 0 heterocycles. The second-order valence-electron chi connectivity index (χ2n) is 12.0. The first-order valence-corrected chi connectivity index (χ1v) is 12.2. The molecule has 0 aromatic rings. The van der Waals surface area contributed by atoms with Gasteiger partial charge in [-0.1, -0.05) is 13.8 Å². The molecule has 1 amide bonds. The van der Waals surface area contributed by atoms with Crippen molar-refractivity contribution in [1.29, 1.82) is 0 Å². The SMILES string of the molecule is CNC1CCC23CC24CCC2(C)C(C(C)NC(C)=O)CCC2(C)C4CCC3C1. The summed E-state index contributed by atoms with van der Waals surface area (Å²) in [4.78, 5) is 11.7. The van der Waals surface area contributed by atoms with Crippen LogP contribution in [0.25, 0.3) is 0 Å². The number of hydrogen-bond donors (Lipinski definition) is 2. The predicted molar refractivity (Wildman–Crippen MR) is 114 cm³/mol. The first-order chi connectivity index (χ1) is 13.2. The Kier molecular flexibility index (Phi) is 4.15. The first-order valence-electron chi connectivity index (χ1n) is 12.2. The standard InChI is InChI=1S/C25H42N2O/c1-16(27-17(2)28)20-9-10-23(4)21-7-6-18-14-19(26-5)8-11-24(18)15-25(21,24)13-12-22(20,23)3/h16,18-21,26H,6-15H2,1-5H3,(H,27,28). The van der Waals surface area contributed by atoms with E-state index in [0.29, 0.717) is 33.6 Å². The molecule has 5 fully saturated rings. The van der Waals surface area contributed by atoms with Crippen molar-refractivity contribution in [2.24, 2.45) is 39.4 Å². The number of amides is 1. The predicted octanol–water partition coefficient (Wildman–Crippen LogP) is 4.90. The lowest BCUT2D eigenvalue weighted by atomic mass is 9.43. The second-order valence-corrected chi connectivity index (χ2v) is 12.0. The Labute approximate surface area is 172 Å². The molecule has 5 aliphatic carbocycles. The van der Waals surface area contributed by atoms with Crippen molar-refractivity contribution in [3.8, 4) is 0 Å². The van der Waals surface area contributed by atoms with Gasteiger partial charge in [-0.2, -0.15) is 0 Å². The lowest BCUT2D eigenvalue weighted by Crippen LogP contribution is -2.56. The molecule has 2 spiro atoms. The molecule has 9 atom stereocenters.